The lowest BCUT2D eigenvalue weighted by molar-refractivity contribution is -0.139. The molecule has 0 bridgehead atoms. The van der Waals surface area contributed by atoms with E-state index in [9.17, 15) is 14.9 Å². The molecule has 1 aliphatic heterocycles. The number of amides is 1. The Morgan fingerprint density at radius 1 is 1.36 bits per heavy atom. The van der Waals surface area contributed by atoms with Gasteiger partial charge in [-0.3, -0.25) is 4.79 Å². The van der Waals surface area contributed by atoms with Crippen molar-refractivity contribution in [2.45, 2.75) is 19.8 Å². The number of carbonyl (C=O) groups excluding carboxylic acids is 2. The van der Waals surface area contributed by atoms with Crippen LogP contribution >= 0.6 is 0 Å². The van der Waals surface area contributed by atoms with E-state index in [1.165, 1.54) is 7.05 Å². The molecule has 0 aromatic heterocycles. The third-order valence-electron chi connectivity index (χ3n) is 3.83. The van der Waals surface area contributed by atoms with Gasteiger partial charge in [-0.05, 0) is 31.5 Å². The molecule has 1 aliphatic rings. The molecule has 0 aliphatic carbocycles. The van der Waals surface area contributed by atoms with E-state index in [1.54, 1.807) is 38.1 Å². The number of carbonyl (C=O) groups is 2. The zero-order valence-electron chi connectivity index (χ0n) is 14.3. The number of hydrogen-bond donors (Lipinski definition) is 2. The van der Waals surface area contributed by atoms with Crippen LogP contribution in [0, 0.1) is 11.3 Å². The van der Waals surface area contributed by atoms with E-state index in [0.717, 1.165) is 0 Å². The van der Waals surface area contributed by atoms with E-state index < -0.39 is 11.9 Å². The van der Waals surface area contributed by atoms with Crippen molar-refractivity contribution in [3.63, 3.8) is 0 Å². The first-order valence-corrected chi connectivity index (χ1v) is 7.72. The average molecular weight is 341 g/mol. The molecule has 0 radical (unpaired) electrons. The SMILES string of the molecule is CCOC(=O)C1=C(C)OC(N)=C(C#N)C1c1ccc(C(=O)NC)cc1. The van der Waals surface area contributed by atoms with Crippen molar-refractivity contribution < 1.29 is 19.1 Å². The smallest absolute Gasteiger partial charge is 0.338 e. The summed E-state index contributed by atoms with van der Waals surface area (Å²) in [6.45, 7) is 3.48. The summed E-state index contributed by atoms with van der Waals surface area (Å²) in [7, 11) is 1.54. The van der Waals surface area contributed by atoms with Crippen molar-refractivity contribution in [2.24, 2.45) is 5.73 Å². The molecule has 1 aromatic rings. The predicted octanol–water partition coefficient (Wildman–Crippen LogP) is 1.69. The van der Waals surface area contributed by atoms with Crippen LogP contribution < -0.4 is 11.1 Å². The molecule has 2 rings (SSSR count). The number of nitrogens with two attached hydrogens (primary N) is 1. The molecule has 25 heavy (non-hydrogen) atoms. The molecule has 7 nitrogen and oxygen atoms in total. The Labute approximate surface area is 145 Å². The minimum atomic E-state index is -0.712. The Kier molecular flexibility index (Phi) is 5.45. The highest BCUT2D eigenvalue weighted by molar-refractivity contribution is 5.94. The van der Waals surface area contributed by atoms with Gasteiger partial charge in [0.2, 0.25) is 5.88 Å². The second-order valence-electron chi connectivity index (χ2n) is 5.32. The normalized spacial score (nSPS) is 16.8. The van der Waals surface area contributed by atoms with Crippen molar-refractivity contribution in [3.8, 4) is 6.07 Å². The van der Waals surface area contributed by atoms with Gasteiger partial charge in [-0.2, -0.15) is 5.26 Å². The van der Waals surface area contributed by atoms with E-state index in [-0.39, 0.29) is 35.3 Å². The molecule has 1 atom stereocenters. The highest BCUT2D eigenvalue weighted by Gasteiger charge is 2.36. The van der Waals surface area contributed by atoms with E-state index in [1.807, 2.05) is 6.07 Å². The summed E-state index contributed by atoms with van der Waals surface area (Å²) >= 11 is 0. The first-order chi connectivity index (χ1) is 11.9. The van der Waals surface area contributed by atoms with Crippen LogP contribution in [0.15, 0.2) is 47.1 Å². The summed E-state index contributed by atoms with van der Waals surface area (Å²) in [5.41, 5.74) is 7.28. The number of nitrogens with one attached hydrogen (secondary N) is 1. The summed E-state index contributed by atoms with van der Waals surface area (Å²) in [4.78, 5) is 24.1. The maximum atomic E-state index is 12.4. The largest absolute Gasteiger partial charge is 0.463 e. The van der Waals surface area contributed by atoms with Gasteiger partial charge >= 0.3 is 5.97 Å². The minimum absolute atomic E-state index is 0.0478. The monoisotopic (exact) mass is 341 g/mol. The van der Waals surface area contributed by atoms with Gasteiger partial charge in [-0.15, -0.1) is 0 Å². The summed E-state index contributed by atoms with van der Waals surface area (Å²) in [6, 6.07) is 8.60. The van der Waals surface area contributed by atoms with Crippen molar-refractivity contribution in [1.29, 1.82) is 5.26 Å². The van der Waals surface area contributed by atoms with Crippen LogP contribution in [0.1, 0.15) is 35.7 Å². The maximum absolute atomic E-state index is 12.4. The summed E-state index contributed by atoms with van der Waals surface area (Å²) in [5, 5.41) is 12.0. The van der Waals surface area contributed by atoms with Crippen LogP contribution in [0.3, 0.4) is 0 Å². The van der Waals surface area contributed by atoms with Gasteiger partial charge < -0.3 is 20.5 Å². The Morgan fingerprint density at radius 3 is 2.52 bits per heavy atom. The predicted molar refractivity (Wildman–Crippen MR) is 89.8 cm³/mol. The fraction of sp³-hybridized carbons (Fsp3) is 0.278. The van der Waals surface area contributed by atoms with Gasteiger partial charge in [-0.25, -0.2) is 4.79 Å². The number of nitriles is 1. The molecule has 7 heteroatoms. The topological polar surface area (TPSA) is 114 Å². The fourth-order valence-electron chi connectivity index (χ4n) is 2.66. The molecular weight excluding hydrogens is 322 g/mol. The van der Waals surface area contributed by atoms with E-state index in [2.05, 4.69) is 5.32 Å². The second kappa shape index (κ2) is 7.53. The number of hydrogen-bond acceptors (Lipinski definition) is 6. The number of esters is 1. The third kappa shape index (κ3) is 3.48. The summed E-state index contributed by atoms with van der Waals surface area (Å²) in [6.07, 6.45) is 0. The quantitative estimate of drug-likeness (QED) is 0.806. The average Bonchev–Trinajstić information content (AvgIpc) is 2.60. The number of nitrogens with zero attached hydrogens (tertiary/aromatic N) is 1. The lowest BCUT2D eigenvalue weighted by Crippen LogP contribution is -2.25. The van der Waals surface area contributed by atoms with Gasteiger partial charge in [0.25, 0.3) is 5.91 Å². The Hall–Kier alpha value is -3.27. The molecule has 0 spiro atoms. The summed E-state index contributed by atoms with van der Waals surface area (Å²) in [5.74, 6) is -1.27. The molecule has 1 amide bonds. The molecule has 1 aromatic carbocycles. The number of ether oxygens (including phenoxy) is 2. The molecule has 0 saturated carbocycles. The zero-order valence-corrected chi connectivity index (χ0v) is 14.3. The van der Waals surface area contributed by atoms with Crippen LogP contribution in [-0.2, 0) is 14.3 Å². The van der Waals surface area contributed by atoms with Crippen LogP contribution in [-0.4, -0.2) is 25.5 Å². The summed E-state index contributed by atoms with van der Waals surface area (Å²) < 4.78 is 10.4. The lowest BCUT2D eigenvalue weighted by Gasteiger charge is -2.26. The molecule has 1 unspecified atom stereocenters. The number of benzene rings is 1. The van der Waals surface area contributed by atoms with Gasteiger partial charge in [0.15, 0.2) is 0 Å². The van der Waals surface area contributed by atoms with Crippen molar-refractivity contribution >= 4 is 11.9 Å². The van der Waals surface area contributed by atoms with E-state index in [0.29, 0.717) is 11.1 Å². The Bertz CT molecular complexity index is 801. The third-order valence-corrected chi connectivity index (χ3v) is 3.83. The fourth-order valence-corrected chi connectivity index (χ4v) is 2.66. The van der Waals surface area contributed by atoms with E-state index in [4.69, 9.17) is 15.2 Å². The zero-order chi connectivity index (χ0) is 18.6. The second-order valence-corrected chi connectivity index (χ2v) is 5.32. The highest BCUT2D eigenvalue weighted by atomic mass is 16.5. The van der Waals surface area contributed by atoms with Crippen LogP contribution in [0.25, 0.3) is 0 Å². The highest BCUT2D eigenvalue weighted by Crippen LogP contribution is 2.39. The maximum Gasteiger partial charge on any atom is 0.338 e. The molecule has 130 valence electrons. The Balaban J connectivity index is 2.54. The molecule has 0 saturated heterocycles. The standard InChI is InChI=1S/C18H19N3O4/c1-4-24-18(23)14-10(2)25-16(20)13(9-19)15(14)11-5-7-12(8-6-11)17(22)21-3/h5-8,15H,4,20H2,1-3H3,(H,21,22). The molecular formula is C18H19N3O4. The van der Waals surface area contributed by atoms with E-state index >= 15 is 0 Å². The minimum Gasteiger partial charge on any atom is -0.463 e. The van der Waals surface area contributed by atoms with Gasteiger partial charge in [-0.1, -0.05) is 12.1 Å². The Morgan fingerprint density at radius 2 is 2.00 bits per heavy atom. The van der Waals surface area contributed by atoms with Crippen molar-refractivity contribution in [1.82, 2.24) is 5.32 Å². The first kappa shape index (κ1) is 18.1. The first-order valence-electron chi connectivity index (χ1n) is 7.72. The van der Waals surface area contributed by atoms with Crippen LogP contribution in [0.2, 0.25) is 0 Å². The lowest BCUT2D eigenvalue weighted by atomic mass is 9.83. The number of rotatable bonds is 4. The number of allylic oxidation sites excluding steroid dienone is 2. The molecule has 1 heterocycles. The molecule has 0 fully saturated rings. The van der Waals surface area contributed by atoms with Gasteiger partial charge in [0.05, 0.1) is 18.1 Å². The van der Waals surface area contributed by atoms with Crippen LogP contribution in [0.4, 0.5) is 0 Å². The van der Waals surface area contributed by atoms with Gasteiger partial charge in [0, 0.05) is 12.6 Å². The van der Waals surface area contributed by atoms with Crippen LogP contribution in [0.5, 0.6) is 0 Å². The van der Waals surface area contributed by atoms with Crippen molar-refractivity contribution in [2.75, 3.05) is 13.7 Å². The molecule has 3 N–H and O–H groups in total. The van der Waals surface area contributed by atoms with Gasteiger partial charge in [0.1, 0.15) is 17.4 Å². The van der Waals surface area contributed by atoms with Crippen molar-refractivity contribution in [3.05, 3.63) is 58.2 Å².